The third-order valence-corrected chi connectivity index (χ3v) is 2.58. The van der Waals surface area contributed by atoms with Crippen molar-refractivity contribution in [1.29, 1.82) is 0 Å². The van der Waals surface area contributed by atoms with Crippen LogP contribution in [0.25, 0.3) is 10.8 Å². The quantitative estimate of drug-likeness (QED) is 0.704. The summed E-state index contributed by atoms with van der Waals surface area (Å²) in [6.07, 6.45) is 0. The van der Waals surface area contributed by atoms with Gasteiger partial charge >= 0.3 is 0 Å². The van der Waals surface area contributed by atoms with Crippen LogP contribution in [0.5, 0.6) is 0 Å². The fourth-order valence-electron chi connectivity index (χ4n) is 1.28. The van der Waals surface area contributed by atoms with Gasteiger partial charge in [0.1, 0.15) is 0 Å². The lowest BCUT2D eigenvalue weighted by Crippen LogP contribution is -1.87. The molecule has 0 aliphatic heterocycles. The SMILES string of the molecule is O=S(O)c1ccc2ccccc2c1. The maximum Gasteiger partial charge on any atom is 0.186 e. The molecule has 66 valence electrons. The van der Waals surface area contributed by atoms with Gasteiger partial charge in [-0.05, 0) is 22.9 Å². The first-order valence-corrected chi connectivity index (χ1v) is 4.98. The monoisotopic (exact) mass is 192 g/mol. The minimum Gasteiger partial charge on any atom is -0.302 e. The van der Waals surface area contributed by atoms with Crippen LogP contribution in [0.4, 0.5) is 0 Å². The zero-order valence-electron chi connectivity index (χ0n) is 6.81. The van der Waals surface area contributed by atoms with Crippen molar-refractivity contribution in [2.75, 3.05) is 0 Å². The van der Waals surface area contributed by atoms with Crippen LogP contribution >= 0.6 is 0 Å². The molecular formula is C10H8O2S. The Bertz CT molecular complexity index is 465. The summed E-state index contributed by atoms with van der Waals surface area (Å²) in [4.78, 5) is 0.443. The zero-order chi connectivity index (χ0) is 9.26. The summed E-state index contributed by atoms with van der Waals surface area (Å²) in [5.74, 6) is 0. The molecule has 0 aliphatic rings. The molecule has 0 aromatic heterocycles. The van der Waals surface area contributed by atoms with Crippen molar-refractivity contribution < 1.29 is 8.76 Å². The molecule has 0 bridgehead atoms. The summed E-state index contributed by atoms with van der Waals surface area (Å²) in [5.41, 5.74) is 0. The van der Waals surface area contributed by atoms with Crippen molar-refractivity contribution in [3.63, 3.8) is 0 Å². The molecule has 0 aliphatic carbocycles. The summed E-state index contributed by atoms with van der Waals surface area (Å²) >= 11 is -1.88. The van der Waals surface area contributed by atoms with Gasteiger partial charge in [-0.15, -0.1) is 0 Å². The first-order valence-electron chi connectivity index (χ1n) is 3.87. The Morgan fingerprint density at radius 1 is 1.00 bits per heavy atom. The van der Waals surface area contributed by atoms with Crippen LogP contribution in [-0.4, -0.2) is 8.76 Å². The third kappa shape index (κ3) is 1.61. The molecule has 1 unspecified atom stereocenters. The summed E-state index contributed by atoms with van der Waals surface area (Å²) in [6.45, 7) is 0. The zero-order valence-corrected chi connectivity index (χ0v) is 7.62. The molecule has 0 spiro atoms. The van der Waals surface area contributed by atoms with Crippen LogP contribution < -0.4 is 0 Å². The first kappa shape index (κ1) is 8.41. The number of hydrogen-bond acceptors (Lipinski definition) is 1. The van der Waals surface area contributed by atoms with Crippen LogP contribution in [-0.2, 0) is 11.1 Å². The van der Waals surface area contributed by atoms with Crippen molar-refractivity contribution >= 4 is 21.9 Å². The van der Waals surface area contributed by atoms with Gasteiger partial charge in [-0.25, -0.2) is 4.21 Å². The van der Waals surface area contributed by atoms with Gasteiger partial charge in [-0.1, -0.05) is 30.3 Å². The van der Waals surface area contributed by atoms with Crippen molar-refractivity contribution in [3.05, 3.63) is 42.5 Å². The number of hydrogen-bond donors (Lipinski definition) is 1. The highest BCUT2D eigenvalue weighted by Crippen LogP contribution is 2.16. The molecule has 0 saturated heterocycles. The second-order valence-corrected chi connectivity index (χ2v) is 3.73. The normalized spacial score (nSPS) is 13.0. The molecule has 1 N–H and O–H groups in total. The number of fused-ring (bicyclic) bond motifs is 1. The second kappa shape index (κ2) is 3.28. The lowest BCUT2D eigenvalue weighted by molar-refractivity contribution is 0.564. The van der Waals surface area contributed by atoms with Crippen molar-refractivity contribution in [1.82, 2.24) is 0 Å². The highest BCUT2D eigenvalue weighted by atomic mass is 32.2. The standard InChI is InChI=1S/C10H8O2S/c11-13(12)10-6-5-8-3-1-2-4-9(8)7-10/h1-7H,(H,11,12). The average Bonchev–Trinajstić information content (AvgIpc) is 2.17. The van der Waals surface area contributed by atoms with E-state index in [0.29, 0.717) is 4.90 Å². The van der Waals surface area contributed by atoms with Crippen LogP contribution in [0.3, 0.4) is 0 Å². The van der Waals surface area contributed by atoms with E-state index in [0.717, 1.165) is 10.8 Å². The molecule has 1 atom stereocenters. The summed E-state index contributed by atoms with van der Waals surface area (Å²) in [5, 5.41) is 2.07. The number of benzene rings is 2. The molecule has 2 aromatic carbocycles. The minimum atomic E-state index is -1.88. The molecular weight excluding hydrogens is 184 g/mol. The van der Waals surface area contributed by atoms with E-state index in [1.165, 1.54) is 0 Å². The van der Waals surface area contributed by atoms with Crippen molar-refractivity contribution in [2.24, 2.45) is 0 Å². The Labute approximate surface area is 78.5 Å². The van der Waals surface area contributed by atoms with Crippen LogP contribution in [0.15, 0.2) is 47.4 Å². The van der Waals surface area contributed by atoms with E-state index in [2.05, 4.69) is 0 Å². The van der Waals surface area contributed by atoms with Gasteiger partial charge in [0, 0.05) is 0 Å². The van der Waals surface area contributed by atoms with Gasteiger partial charge in [0.05, 0.1) is 4.90 Å². The average molecular weight is 192 g/mol. The Morgan fingerprint density at radius 2 is 1.69 bits per heavy atom. The van der Waals surface area contributed by atoms with E-state index >= 15 is 0 Å². The van der Waals surface area contributed by atoms with Gasteiger partial charge in [0.25, 0.3) is 0 Å². The van der Waals surface area contributed by atoms with E-state index in [1.54, 1.807) is 12.1 Å². The molecule has 2 rings (SSSR count). The minimum absolute atomic E-state index is 0.443. The maximum absolute atomic E-state index is 10.8. The highest BCUT2D eigenvalue weighted by Gasteiger charge is 1.99. The highest BCUT2D eigenvalue weighted by molar-refractivity contribution is 7.79. The Hall–Kier alpha value is -1.19. The molecule has 0 amide bonds. The van der Waals surface area contributed by atoms with E-state index in [-0.39, 0.29) is 0 Å². The van der Waals surface area contributed by atoms with Gasteiger partial charge in [-0.3, -0.25) is 0 Å². The topological polar surface area (TPSA) is 37.3 Å². The molecule has 0 heterocycles. The maximum atomic E-state index is 10.8. The molecule has 13 heavy (non-hydrogen) atoms. The van der Waals surface area contributed by atoms with Crippen molar-refractivity contribution in [3.8, 4) is 0 Å². The largest absolute Gasteiger partial charge is 0.302 e. The van der Waals surface area contributed by atoms with E-state index in [1.807, 2.05) is 30.3 Å². The predicted octanol–water partition coefficient (Wildman–Crippen LogP) is 2.42. The van der Waals surface area contributed by atoms with Crippen molar-refractivity contribution in [2.45, 2.75) is 4.90 Å². The Balaban J connectivity index is 2.69. The van der Waals surface area contributed by atoms with Gasteiger partial charge in [0.15, 0.2) is 11.1 Å². The molecule has 0 fully saturated rings. The fourth-order valence-corrected chi connectivity index (χ4v) is 1.69. The van der Waals surface area contributed by atoms with E-state index < -0.39 is 11.1 Å². The summed E-state index contributed by atoms with van der Waals surface area (Å²) in [6, 6.07) is 13.0. The van der Waals surface area contributed by atoms with Crippen LogP contribution in [0, 0.1) is 0 Å². The van der Waals surface area contributed by atoms with Gasteiger partial charge in [-0.2, -0.15) is 0 Å². The molecule has 2 nitrogen and oxygen atoms in total. The van der Waals surface area contributed by atoms with E-state index in [4.69, 9.17) is 4.55 Å². The van der Waals surface area contributed by atoms with Gasteiger partial charge in [0.2, 0.25) is 0 Å². The summed E-state index contributed by atoms with van der Waals surface area (Å²) in [7, 11) is 0. The Morgan fingerprint density at radius 3 is 2.38 bits per heavy atom. The smallest absolute Gasteiger partial charge is 0.186 e. The lowest BCUT2D eigenvalue weighted by Gasteiger charge is -1.98. The Kier molecular flexibility index (Phi) is 2.12. The second-order valence-electron chi connectivity index (χ2n) is 2.76. The van der Waals surface area contributed by atoms with Crippen LogP contribution in [0.2, 0.25) is 0 Å². The first-order chi connectivity index (χ1) is 6.27. The third-order valence-electron chi connectivity index (χ3n) is 1.92. The lowest BCUT2D eigenvalue weighted by atomic mass is 10.1. The van der Waals surface area contributed by atoms with Gasteiger partial charge < -0.3 is 4.55 Å². The molecule has 0 saturated carbocycles. The molecule has 0 radical (unpaired) electrons. The molecule has 2 aromatic rings. The van der Waals surface area contributed by atoms with E-state index in [9.17, 15) is 4.21 Å². The predicted molar refractivity (Wildman–Crippen MR) is 53.0 cm³/mol. The van der Waals surface area contributed by atoms with Crippen LogP contribution in [0.1, 0.15) is 0 Å². The number of rotatable bonds is 1. The molecule has 3 heteroatoms. The summed E-state index contributed by atoms with van der Waals surface area (Å²) < 4.78 is 19.6. The fraction of sp³-hybridized carbons (Fsp3) is 0.